The Kier molecular flexibility index (Phi) is 4.66. The molecule has 1 aromatic rings. The van der Waals surface area contributed by atoms with Crippen LogP contribution in [0, 0.1) is 0 Å². The standard InChI is InChI=1S/C13H21N3O3/c1-3-16-12(14-10-15-16)9-11(17)13(19-4-2)5-7-18-8-6-13/h10H,3-9H2,1-2H3. The number of hydrogen-bond donors (Lipinski definition) is 0. The summed E-state index contributed by atoms with van der Waals surface area (Å²) in [5.74, 6) is 0.790. The van der Waals surface area contributed by atoms with Crippen molar-refractivity contribution in [3.8, 4) is 0 Å². The van der Waals surface area contributed by atoms with E-state index in [0.29, 0.717) is 45.0 Å². The Balaban J connectivity index is 2.11. The van der Waals surface area contributed by atoms with Crippen molar-refractivity contribution < 1.29 is 14.3 Å². The molecule has 2 rings (SSSR count). The molecule has 0 radical (unpaired) electrons. The van der Waals surface area contributed by atoms with Crippen LogP contribution in [-0.2, 0) is 27.2 Å². The van der Waals surface area contributed by atoms with Crippen LogP contribution in [0.25, 0.3) is 0 Å². The van der Waals surface area contributed by atoms with E-state index < -0.39 is 5.60 Å². The molecule has 1 fully saturated rings. The summed E-state index contributed by atoms with van der Waals surface area (Å²) in [4.78, 5) is 16.7. The van der Waals surface area contributed by atoms with Gasteiger partial charge in [-0.3, -0.25) is 4.79 Å². The van der Waals surface area contributed by atoms with Gasteiger partial charge in [-0.25, -0.2) is 9.67 Å². The lowest BCUT2D eigenvalue weighted by Gasteiger charge is -2.35. The molecule has 0 saturated carbocycles. The van der Waals surface area contributed by atoms with Gasteiger partial charge in [-0.1, -0.05) is 0 Å². The van der Waals surface area contributed by atoms with Gasteiger partial charge in [0.05, 0.1) is 6.42 Å². The largest absolute Gasteiger partial charge is 0.381 e. The number of rotatable bonds is 6. The van der Waals surface area contributed by atoms with Crippen LogP contribution in [0.4, 0.5) is 0 Å². The van der Waals surface area contributed by atoms with Crippen LogP contribution in [-0.4, -0.2) is 46.0 Å². The molecular weight excluding hydrogens is 246 g/mol. The number of hydrogen-bond acceptors (Lipinski definition) is 5. The molecule has 1 saturated heterocycles. The van der Waals surface area contributed by atoms with Gasteiger partial charge in [-0.05, 0) is 13.8 Å². The summed E-state index contributed by atoms with van der Waals surface area (Å²) in [6, 6.07) is 0. The molecule has 6 heteroatoms. The minimum atomic E-state index is -0.697. The summed E-state index contributed by atoms with van der Waals surface area (Å²) < 4.78 is 12.9. The Bertz CT molecular complexity index is 419. The van der Waals surface area contributed by atoms with Crippen LogP contribution < -0.4 is 0 Å². The summed E-state index contributed by atoms with van der Waals surface area (Å²) in [5.41, 5.74) is -0.697. The van der Waals surface area contributed by atoms with E-state index in [9.17, 15) is 4.79 Å². The normalized spacial score (nSPS) is 18.4. The predicted octanol–water partition coefficient (Wildman–Crippen LogP) is 0.995. The first kappa shape index (κ1) is 14.1. The van der Waals surface area contributed by atoms with Gasteiger partial charge in [0.15, 0.2) is 5.78 Å². The molecule has 6 nitrogen and oxygen atoms in total. The van der Waals surface area contributed by atoms with E-state index in [1.807, 2.05) is 13.8 Å². The van der Waals surface area contributed by atoms with Crippen molar-refractivity contribution in [2.75, 3.05) is 19.8 Å². The van der Waals surface area contributed by atoms with E-state index in [-0.39, 0.29) is 12.2 Å². The fourth-order valence-corrected chi connectivity index (χ4v) is 2.47. The molecule has 19 heavy (non-hydrogen) atoms. The van der Waals surface area contributed by atoms with Crippen LogP contribution in [0.2, 0.25) is 0 Å². The summed E-state index contributed by atoms with van der Waals surface area (Å²) in [7, 11) is 0. The first-order valence-corrected chi connectivity index (χ1v) is 6.83. The van der Waals surface area contributed by atoms with Crippen molar-refractivity contribution in [2.24, 2.45) is 0 Å². The second kappa shape index (κ2) is 6.25. The Labute approximate surface area is 113 Å². The molecule has 0 aromatic carbocycles. The van der Waals surface area contributed by atoms with Crippen LogP contribution in [0.15, 0.2) is 6.33 Å². The fraction of sp³-hybridized carbons (Fsp3) is 0.769. The molecule has 0 unspecified atom stereocenters. The lowest BCUT2D eigenvalue weighted by Crippen LogP contribution is -2.47. The summed E-state index contributed by atoms with van der Waals surface area (Å²) in [6.07, 6.45) is 3.01. The Morgan fingerprint density at radius 1 is 1.47 bits per heavy atom. The van der Waals surface area contributed by atoms with Crippen molar-refractivity contribution >= 4 is 5.78 Å². The predicted molar refractivity (Wildman–Crippen MR) is 68.8 cm³/mol. The molecule has 0 N–H and O–H groups in total. The maximum atomic E-state index is 12.6. The summed E-state index contributed by atoms with van der Waals surface area (Å²) in [6.45, 7) is 6.30. The maximum Gasteiger partial charge on any atom is 0.172 e. The number of ketones is 1. The lowest BCUT2D eigenvalue weighted by molar-refractivity contribution is -0.157. The van der Waals surface area contributed by atoms with E-state index in [4.69, 9.17) is 9.47 Å². The van der Waals surface area contributed by atoms with Crippen molar-refractivity contribution in [1.29, 1.82) is 0 Å². The van der Waals surface area contributed by atoms with Crippen molar-refractivity contribution in [2.45, 2.75) is 45.3 Å². The minimum absolute atomic E-state index is 0.0837. The van der Waals surface area contributed by atoms with Crippen molar-refractivity contribution in [1.82, 2.24) is 14.8 Å². The third kappa shape index (κ3) is 3.01. The number of aryl methyl sites for hydroxylation is 1. The van der Waals surface area contributed by atoms with E-state index in [0.717, 1.165) is 0 Å². The zero-order valence-corrected chi connectivity index (χ0v) is 11.6. The second-order valence-corrected chi connectivity index (χ2v) is 4.63. The first-order chi connectivity index (χ1) is 9.22. The topological polar surface area (TPSA) is 66.2 Å². The zero-order valence-electron chi connectivity index (χ0n) is 11.6. The van der Waals surface area contributed by atoms with Gasteiger partial charge in [0.1, 0.15) is 17.8 Å². The van der Waals surface area contributed by atoms with E-state index >= 15 is 0 Å². The van der Waals surface area contributed by atoms with Crippen LogP contribution in [0.5, 0.6) is 0 Å². The average Bonchev–Trinajstić information content (AvgIpc) is 2.87. The first-order valence-electron chi connectivity index (χ1n) is 6.83. The van der Waals surface area contributed by atoms with Crippen LogP contribution in [0.1, 0.15) is 32.5 Å². The number of carbonyl (C=O) groups is 1. The average molecular weight is 267 g/mol. The minimum Gasteiger partial charge on any atom is -0.381 e. The quantitative estimate of drug-likeness (QED) is 0.769. The van der Waals surface area contributed by atoms with Gasteiger partial charge in [0.2, 0.25) is 0 Å². The van der Waals surface area contributed by atoms with Crippen molar-refractivity contribution in [3.63, 3.8) is 0 Å². The lowest BCUT2D eigenvalue weighted by atomic mass is 9.87. The zero-order chi connectivity index (χ0) is 13.7. The van der Waals surface area contributed by atoms with E-state index in [1.54, 1.807) is 4.68 Å². The number of nitrogens with zero attached hydrogens (tertiary/aromatic N) is 3. The highest BCUT2D eigenvalue weighted by Gasteiger charge is 2.40. The molecule has 2 heterocycles. The molecule has 0 atom stereocenters. The molecule has 1 aliphatic heterocycles. The third-order valence-corrected chi connectivity index (χ3v) is 3.54. The smallest absolute Gasteiger partial charge is 0.172 e. The molecule has 0 bridgehead atoms. The SMILES string of the molecule is CCOC1(C(=O)Cc2ncnn2CC)CCOCC1. The summed E-state index contributed by atoms with van der Waals surface area (Å²) in [5, 5.41) is 4.09. The van der Waals surface area contributed by atoms with Gasteiger partial charge in [0, 0.05) is 39.2 Å². The highest BCUT2D eigenvalue weighted by Crippen LogP contribution is 2.27. The molecule has 0 spiro atoms. The molecular formula is C13H21N3O3. The molecule has 1 aliphatic rings. The number of aromatic nitrogens is 3. The molecule has 0 amide bonds. The highest BCUT2D eigenvalue weighted by molar-refractivity contribution is 5.88. The maximum absolute atomic E-state index is 12.6. The summed E-state index contributed by atoms with van der Waals surface area (Å²) >= 11 is 0. The van der Waals surface area contributed by atoms with E-state index in [1.165, 1.54) is 6.33 Å². The number of carbonyl (C=O) groups excluding carboxylic acids is 1. The van der Waals surface area contributed by atoms with Crippen LogP contribution in [0.3, 0.4) is 0 Å². The van der Waals surface area contributed by atoms with Gasteiger partial charge < -0.3 is 9.47 Å². The Hall–Kier alpha value is -1.27. The van der Waals surface area contributed by atoms with Gasteiger partial charge in [-0.15, -0.1) is 0 Å². The molecule has 0 aliphatic carbocycles. The molecule has 106 valence electrons. The van der Waals surface area contributed by atoms with Gasteiger partial charge >= 0.3 is 0 Å². The van der Waals surface area contributed by atoms with Crippen LogP contribution >= 0.6 is 0 Å². The van der Waals surface area contributed by atoms with Crippen molar-refractivity contribution in [3.05, 3.63) is 12.2 Å². The number of Topliss-reactive ketones (excluding diaryl/α,β-unsaturated/α-hetero) is 1. The third-order valence-electron chi connectivity index (χ3n) is 3.54. The number of ether oxygens (including phenoxy) is 2. The second-order valence-electron chi connectivity index (χ2n) is 4.63. The van der Waals surface area contributed by atoms with Gasteiger partial charge in [0.25, 0.3) is 0 Å². The van der Waals surface area contributed by atoms with E-state index in [2.05, 4.69) is 10.1 Å². The molecule has 1 aromatic heterocycles. The monoisotopic (exact) mass is 267 g/mol. The fourth-order valence-electron chi connectivity index (χ4n) is 2.47. The Morgan fingerprint density at radius 3 is 2.84 bits per heavy atom. The Morgan fingerprint density at radius 2 is 2.21 bits per heavy atom. The van der Waals surface area contributed by atoms with Gasteiger partial charge in [-0.2, -0.15) is 5.10 Å². The highest BCUT2D eigenvalue weighted by atomic mass is 16.5.